The van der Waals surface area contributed by atoms with E-state index in [-0.39, 0.29) is 23.4 Å². The summed E-state index contributed by atoms with van der Waals surface area (Å²) in [5, 5.41) is 13.3. The molecule has 6 heterocycles. The van der Waals surface area contributed by atoms with Crippen LogP contribution in [0.15, 0.2) is 77.9 Å². The van der Waals surface area contributed by atoms with E-state index in [0.717, 1.165) is 58.4 Å². The standard InChI is InChI=1S/C20H18N6O.C11H10BrN3O/c27-18(15-6-7-15)9-19-23-20-5-1-4-17(26(20)24-19)16-11-22-25(13-16)12-14-3-2-8-21-10-14;12-9-2-1-3-11-13-10(14-15(9)11)6-8(16)7-4-5-7/h1-5,8,10-11,13,15H,6-7,9,12H2;1-3,7H,4-6H2. The first-order valence-corrected chi connectivity index (χ1v) is 15.1. The summed E-state index contributed by atoms with van der Waals surface area (Å²) in [7, 11) is 0. The van der Waals surface area contributed by atoms with Gasteiger partial charge in [0.1, 0.15) is 16.2 Å². The van der Waals surface area contributed by atoms with Gasteiger partial charge in [-0.25, -0.2) is 19.0 Å². The van der Waals surface area contributed by atoms with Crippen LogP contribution in [0.25, 0.3) is 22.6 Å². The van der Waals surface area contributed by atoms with Crippen LogP contribution >= 0.6 is 15.9 Å². The van der Waals surface area contributed by atoms with Crippen molar-refractivity contribution < 1.29 is 9.59 Å². The Morgan fingerprint density at radius 2 is 1.44 bits per heavy atom. The van der Waals surface area contributed by atoms with Crippen molar-refractivity contribution in [2.75, 3.05) is 0 Å². The first-order valence-electron chi connectivity index (χ1n) is 14.3. The third-order valence-corrected chi connectivity index (χ3v) is 8.09. The van der Waals surface area contributed by atoms with Crippen molar-refractivity contribution in [3.63, 3.8) is 0 Å². The molecule has 0 unspecified atom stereocenters. The van der Waals surface area contributed by atoms with E-state index in [1.807, 2.05) is 71.8 Å². The number of hydrogen-bond donors (Lipinski definition) is 0. The normalized spacial score (nSPS) is 14.5. The fourth-order valence-corrected chi connectivity index (χ4v) is 5.32. The van der Waals surface area contributed by atoms with Crippen LogP contribution in [0.5, 0.6) is 0 Å². The van der Waals surface area contributed by atoms with Gasteiger partial charge in [0.05, 0.1) is 31.3 Å². The lowest BCUT2D eigenvalue weighted by Crippen LogP contribution is -2.06. The van der Waals surface area contributed by atoms with Gasteiger partial charge in [0.15, 0.2) is 22.9 Å². The van der Waals surface area contributed by atoms with Crippen molar-refractivity contribution in [3.8, 4) is 11.3 Å². The second-order valence-electron chi connectivity index (χ2n) is 11.0. The number of ketones is 2. The number of carbonyl (C=O) groups excluding carboxylic acids is 2. The molecule has 2 saturated carbocycles. The van der Waals surface area contributed by atoms with Crippen LogP contribution < -0.4 is 0 Å². The summed E-state index contributed by atoms with van der Waals surface area (Å²) >= 11 is 3.39. The lowest BCUT2D eigenvalue weighted by atomic mass is 10.2. The first kappa shape index (κ1) is 27.3. The summed E-state index contributed by atoms with van der Waals surface area (Å²) in [4.78, 5) is 36.7. The predicted molar refractivity (Wildman–Crippen MR) is 161 cm³/mol. The Morgan fingerprint density at radius 1 is 0.791 bits per heavy atom. The summed E-state index contributed by atoms with van der Waals surface area (Å²) < 4.78 is 6.22. The van der Waals surface area contributed by atoms with Crippen molar-refractivity contribution in [1.29, 1.82) is 0 Å². The molecular formula is C31H28BrN9O2. The SMILES string of the molecule is O=C(Cc1nc2cccc(-c3cnn(Cc4cccnc4)c3)n2n1)C1CC1.O=C(Cc1nc2cccc(Br)n2n1)C1CC1. The molecule has 12 heteroatoms. The molecule has 6 aromatic rings. The minimum atomic E-state index is 0.224. The van der Waals surface area contributed by atoms with Crippen LogP contribution in [0.1, 0.15) is 42.9 Å². The minimum absolute atomic E-state index is 0.224. The van der Waals surface area contributed by atoms with Gasteiger partial charge in [-0.2, -0.15) is 10.2 Å². The molecule has 0 saturated heterocycles. The Balaban J connectivity index is 0.000000160. The zero-order chi connectivity index (χ0) is 29.3. The van der Waals surface area contributed by atoms with E-state index in [1.165, 1.54) is 0 Å². The van der Waals surface area contributed by atoms with E-state index >= 15 is 0 Å². The van der Waals surface area contributed by atoms with Crippen molar-refractivity contribution in [2.45, 2.75) is 45.1 Å². The smallest absolute Gasteiger partial charge is 0.159 e. The Kier molecular flexibility index (Phi) is 7.35. The maximum absolute atomic E-state index is 12.1. The van der Waals surface area contributed by atoms with Crippen molar-refractivity contribution in [1.82, 2.24) is 44.0 Å². The zero-order valence-electron chi connectivity index (χ0n) is 23.3. The van der Waals surface area contributed by atoms with E-state index < -0.39 is 0 Å². The van der Waals surface area contributed by atoms with Gasteiger partial charge in [0.2, 0.25) is 0 Å². The number of hydrogen-bond acceptors (Lipinski definition) is 8. The summed E-state index contributed by atoms with van der Waals surface area (Å²) in [5.41, 5.74) is 4.46. The number of aromatic nitrogens is 9. The van der Waals surface area contributed by atoms with E-state index in [4.69, 9.17) is 0 Å². The molecule has 0 aromatic carbocycles. The Hall–Kier alpha value is -4.58. The van der Waals surface area contributed by atoms with E-state index in [0.29, 0.717) is 31.0 Å². The number of halogens is 1. The molecule has 0 bridgehead atoms. The maximum Gasteiger partial charge on any atom is 0.159 e. The maximum atomic E-state index is 12.1. The van der Waals surface area contributed by atoms with Gasteiger partial charge in [0.25, 0.3) is 0 Å². The Bertz CT molecular complexity index is 1940. The van der Waals surface area contributed by atoms with Crippen LogP contribution in [-0.4, -0.2) is 55.5 Å². The lowest BCUT2D eigenvalue weighted by Gasteiger charge is -2.02. The van der Waals surface area contributed by atoms with Gasteiger partial charge < -0.3 is 0 Å². The summed E-state index contributed by atoms with van der Waals surface area (Å²) in [6.07, 6.45) is 12.2. The monoisotopic (exact) mass is 637 g/mol. The van der Waals surface area contributed by atoms with Crippen LogP contribution in [0.4, 0.5) is 0 Å². The van der Waals surface area contributed by atoms with Gasteiger partial charge in [-0.3, -0.25) is 19.3 Å². The van der Waals surface area contributed by atoms with Gasteiger partial charge in [0, 0.05) is 36.0 Å². The van der Waals surface area contributed by atoms with Gasteiger partial charge in [-0.1, -0.05) is 18.2 Å². The number of nitrogens with zero attached hydrogens (tertiary/aromatic N) is 9. The minimum Gasteiger partial charge on any atom is -0.299 e. The molecule has 0 aliphatic heterocycles. The van der Waals surface area contributed by atoms with Crippen LogP contribution in [0.3, 0.4) is 0 Å². The fourth-order valence-electron chi connectivity index (χ4n) is 4.91. The molecule has 2 aliphatic rings. The van der Waals surface area contributed by atoms with Gasteiger partial charge in [-0.05, 0) is 77.5 Å². The summed E-state index contributed by atoms with van der Waals surface area (Å²) in [5.74, 6) is 2.21. The van der Waals surface area contributed by atoms with Crippen LogP contribution in [0, 0.1) is 11.8 Å². The fraction of sp³-hybridized carbons (Fsp3) is 0.290. The Morgan fingerprint density at radius 3 is 2.07 bits per heavy atom. The largest absolute Gasteiger partial charge is 0.299 e. The highest BCUT2D eigenvalue weighted by atomic mass is 79.9. The molecular weight excluding hydrogens is 610 g/mol. The van der Waals surface area contributed by atoms with E-state index in [2.05, 4.69) is 46.2 Å². The predicted octanol–water partition coefficient (Wildman–Crippen LogP) is 4.57. The molecule has 0 atom stereocenters. The van der Waals surface area contributed by atoms with E-state index in [9.17, 15) is 9.59 Å². The lowest BCUT2D eigenvalue weighted by molar-refractivity contribution is -0.120. The third kappa shape index (κ3) is 6.29. The van der Waals surface area contributed by atoms with Gasteiger partial charge in [-0.15, -0.1) is 5.10 Å². The Labute approximate surface area is 255 Å². The number of rotatable bonds is 9. The molecule has 43 heavy (non-hydrogen) atoms. The quantitative estimate of drug-likeness (QED) is 0.211. The highest BCUT2D eigenvalue weighted by Gasteiger charge is 2.31. The van der Waals surface area contributed by atoms with Crippen molar-refractivity contribution in [2.24, 2.45) is 11.8 Å². The van der Waals surface area contributed by atoms with Crippen LogP contribution in [0.2, 0.25) is 0 Å². The molecule has 0 amide bonds. The molecule has 216 valence electrons. The molecule has 0 N–H and O–H groups in total. The average Bonchev–Trinajstić information content (AvgIpc) is 3.92. The number of pyridine rings is 3. The molecule has 6 aromatic heterocycles. The molecule has 11 nitrogen and oxygen atoms in total. The number of carbonyl (C=O) groups is 2. The number of Topliss-reactive ketones (excluding diaryl/α,β-unsaturated/α-hetero) is 2. The average molecular weight is 639 g/mol. The van der Waals surface area contributed by atoms with Crippen molar-refractivity contribution >= 4 is 38.8 Å². The molecule has 2 fully saturated rings. The highest BCUT2D eigenvalue weighted by molar-refractivity contribution is 9.10. The highest BCUT2D eigenvalue weighted by Crippen LogP contribution is 2.31. The van der Waals surface area contributed by atoms with Crippen LogP contribution in [-0.2, 0) is 29.0 Å². The summed E-state index contributed by atoms with van der Waals surface area (Å²) in [6.45, 7) is 0.655. The topological polar surface area (TPSA) is 125 Å². The summed E-state index contributed by atoms with van der Waals surface area (Å²) in [6, 6.07) is 15.5. The second-order valence-corrected chi connectivity index (χ2v) is 11.8. The third-order valence-electron chi connectivity index (χ3n) is 7.49. The molecule has 8 rings (SSSR count). The molecule has 0 radical (unpaired) electrons. The van der Waals surface area contributed by atoms with Crippen molar-refractivity contribution in [3.05, 3.63) is 95.1 Å². The molecule has 0 spiro atoms. The van der Waals surface area contributed by atoms with E-state index in [1.54, 1.807) is 15.2 Å². The second kappa shape index (κ2) is 11.6. The van der Waals surface area contributed by atoms with Gasteiger partial charge >= 0.3 is 0 Å². The molecule has 2 aliphatic carbocycles. The zero-order valence-corrected chi connectivity index (χ0v) is 24.8. The first-order chi connectivity index (χ1) is 21.0. The number of fused-ring (bicyclic) bond motifs is 2.